The van der Waals surface area contributed by atoms with Crippen LogP contribution in [0.5, 0.6) is 5.75 Å². The van der Waals surface area contributed by atoms with Crippen molar-refractivity contribution < 1.29 is 18.3 Å². The van der Waals surface area contributed by atoms with Crippen molar-refractivity contribution in [3.05, 3.63) is 23.8 Å². The van der Waals surface area contributed by atoms with Gasteiger partial charge >= 0.3 is 0 Å². The summed E-state index contributed by atoms with van der Waals surface area (Å²) in [6, 6.07) is 5.02. The Hall–Kier alpha value is -1.11. The Balaban J connectivity index is 2.29. The minimum atomic E-state index is -3.77. The number of aliphatic hydroxyl groups is 1. The van der Waals surface area contributed by atoms with Crippen LogP contribution in [0.1, 0.15) is 37.2 Å². The van der Waals surface area contributed by atoms with Gasteiger partial charge in [-0.05, 0) is 49.3 Å². The molecule has 1 aliphatic rings. The SMILES string of the molecule is COc1cc(C2CCC(O)CC2)ccc1S(N)(=O)=O. The molecule has 106 valence electrons. The monoisotopic (exact) mass is 285 g/mol. The lowest BCUT2D eigenvalue weighted by Gasteiger charge is -2.26. The van der Waals surface area contributed by atoms with E-state index in [9.17, 15) is 13.5 Å². The van der Waals surface area contributed by atoms with E-state index in [2.05, 4.69) is 0 Å². The van der Waals surface area contributed by atoms with Gasteiger partial charge in [0.1, 0.15) is 10.6 Å². The summed E-state index contributed by atoms with van der Waals surface area (Å²) in [5.41, 5.74) is 1.04. The maximum Gasteiger partial charge on any atom is 0.241 e. The third-order valence-corrected chi connectivity index (χ3v) is 4.61. The van der Waals surface area contributed by atoms with Crippen molar-refractivity contribution in [1.82, 2.24) is 0 Å². The number of sulfonamides is 1. The number of ether oxygens (including phenoxy) is 1. The van der Waals surface area contributed by atoms with Gasteiger partial charge in [-0.2, -0.15) is 0 Å². The molecule has 0 aliphatic heterocycles. The van der Waals surface area contributed by atoms with Crippen LogP contribution in [0.3, 0.4) is 0 Å². The van der Waals surface area contributed by atoms with Crippen LogP contribution in [0.4, 0.5) is 0 Å². The maximum atomic E-state index is 11.4. The summed E-state index contributed by atoms with van der Waals surface area (Å²) in [6.45, 7) is 0. The minimum absolute atomic E-state index is 0.00888. The Kier molecular flexibility index (Phi) is 4.13. The van der Waals surface area contributed by atoms with Crippen molar-refractivity contribution in [2.24, 2.45) is 5.14 Å². The smallest absolute Gasteiger partial charge is 0.241 e. The van der Waals surface area contributed by atoms with Crippen LogP contribution in [0, 0.1) is 0 Å². The van der Waals surface area contributed by atoms with Gasteiger partial charge in [0.05, 0.1) is 13.2 Å². The first-order chi connectivity index (χ1) is 8.91. The molecule has 6 heteroatoms. The van der Waals surface area contributed by atoms with Gasteiger partial charge in [-0.1, -0.05) is 6.07 Å². The van der Waals surface area contributed by atoms with Crippen LogP contribution < -0.4 is 9.88 Å². The lowest BCUT2D eigenvalue weighted by atomic mass is 9.83. The summed E-state index contributed by atoms with van der Waals surface area (Å²) in [4.78, 5) is 0.00888. The Morgan fingerprint density at radius 1 is 1.26 bits per heavy atom. The number of aliphatic hydroxyl groups excluding tert-OH is 1. The lowest BCUT2D eigenvalue weighted by Crippen LogP contribution is -2.17. The fourth-order valence-electron chi connectivity index (χ4n) is 2.58. The molecular weight excluding hydrogens is 266 g/mol. The van der Waals surface area contributed by atoms with Crippen molar-refractivity contribution in [3.8, 4) is 5.75 Å². The van der Waals surface area contributed by atoms with Gasteiger partial charge in [0, 0.05) is 0 Å². The highest BCUT2D eigenvalue weighted by atomic mass is 32.2. The van der Waals surface area contributed by atoms with Crippen molar-refractivity contribution >= 4 is 10.0 Å². The average molecular weight is 285 g/mol. The van der Waals surface area contributed by atoms with E-state index in [0.717, 1.165) is 31.2 Å². The molecular formula is C13H19NO4S. The van der Waals surface area contributed by atoms with E-state index < -0.39 is 10.0 Å². The van der Waals surface area contributed by atoms with E-state index in [1.807, 2.05) is 0 Å². The predicted octanol–water partition coefficient (Wildman–Crippen LogP) is 1.36. The molecule has 0 saturated heterocycles. The Morgan fingerprint density at radius 3 is 2.42 bits per heavy atom. The largest absolute Gasteiger partial charge is 0.495 e. The van der Waals surface area contributed by atoms with Crippen molar-refractivity contribution in [2.45, 2.75) is 42.6 Å². The highest BCUT2D eigenvalue weighted by molar-refractivity contribution is 7.89. The second kappa shape index (κ2) is 5.48. The fourth-order valence-corrected chi connectivity index (χ4v) is 3.26. The summed E-state index contributed by atoms with van der Waals surface area (Å²) in [5.74, 6) is 0.623. The molecule has 1 aromatic carbocycles. The van der Waals surface area contributed by atoms with Crippen LogP contribution in [0.2, 0.25) is 0 Å². The summed E-state index contributed by atoms with van der Waals surface area (Å²) >= 11 is 0. The van der Waals surface area contributed by atoms with Crippen molar-refractivity contribution in [1.29, 1.82) is 0 Å². The molecule has 1 saturated carbocycles. The molecule has 0 heterocycles. The van der Waals surface area contributed by atoms with Crippen molar-refractivity contribution in [2.75, 3.05) is 7.11 Å². The van der Waals surface area contributed by atoms with Crippen LogP contribution in [0.25, 0.3) is 0 Å². The maximum absolute atomic E-state index is 11.4. The summed E-state index contributed by atoms with van der Waals surface area (Å²) in [7, 11) is -2.34. The number of nitrogens with two attached hydrogens (primary N) is 1. The van der Waals surface area contributed by atoms with Gasteiger partial charge < -0.3 is 9.84 Å². The summed E-state index contributed by atoms with van der Waals surface area (Å²) in [5, 5.41) is 14.6. The normalized spacial score (nSPS) is 24.2. The van der Waals surface area contributed by atoms with Crippen LogP contribution in [-0.4, -0.2) is 26.7 Å². The van der Waals surface area contributed by atoms with Crippen LogP contribution >= 0.6 is 0 Å². The molecule has 2 rings (SSSR count). The van der Waals surface area contributed by atoms with Crippen molar-refractivity contribution in [3.63, 3.8) is 0 Å². The van der Waals surface area contributed by atoms with E-state index in [4.69, 9.17) is 9.88 Å². The van der Waals surface area contributed by atoms with Gasteiger partial charge in [-0.3, -0.25) is 0 Å². The Labute approximate surface area is 113 Å². The number of methoxy groups -OCH3 is 1. The van der Waals surface area contributed by atoms with E-state index in [1.54, 1.807) is 12.1 Å². The number of primary sulfonamides is 1. The molecule has 0 atom stereocenters. The molecule has 0 aromatic heterocycles. The zero-order valence-corrected chi connectivity index (χ0v) is 11.7. The molecule has 1 aromatic rings. The Bertz CT molecular complexity index is 548. The van der Waals surface area contributed by atoms with Crippen LogP contribution in [0.15, 0.2) is 23.1 Å². The van der Waals surface area contributed by atoms with Crippen LogP contribution in [-0.2, 0) is 10.0 Å². The molecule has 19 heavy (non-hydrogen) atoms. The first kappa shape index (κ1) is 14.3. The third kappa shape index (κ3) is 3.26. The van der Waals surface area contributed by atoms with Gasteiger partial charge in [-0.25, -0.2) is 13.6 Å². The zero-order chi connectivity index (χ0) is 14.0. The van der Waals surface area contributed by atoms with Gasteiger partial charge in [0.25, 0.3) is 0 Å². The van der Waals surface area contributed by atoms with E-state index in [0.29, 0.717) is 5.92 Å². The predicted molar refractivity (Wildman–Crippen MR) is 71.6 cm³/mol. The number of benzene rings is 1. The second-order valence-electron chi connectivity index (χ2n) is 4.96. The lowest BCUT2D eigenvalue weighted by molar-refractivity contribution is 0.122. The fraction of sp³-hybridized carbons (Fsp3) is 0.538. The highest BCUT2D eigenvalue weighted by Gasteiger charge is 2.23. The molecule has 0 amide bonds. The number of hydrogen-bond acceptors (Lipinski definition) is 4. The minimum Gasteiger partial charge on any atom is -0.495 e. The topological polar surface area (TPSA) is 89.6 Å². The standard InChI is InChI=1S/C13H19NO4S/c1-18-12-8-10(4-7-13(12)19(14,16)17)9-2-5-11(15)6-3-9/h4,7-9,11,15H,2-3,5-6H2,1H3,(H2,14,16,17). The molecule has 0 spiro atoms. The quantitative estimate of drug-likeness (QED) is 0.877. The average Bonchev–Trinajstić information content (AvgIpc) is 2.38. The molecule has 0 unspecified atom stereocenters. The number of hydrogen-bond donors (Lipinski definition) is 2. The molecule has 3 N–H and O–H groups in total. The molecule has 1 aliphatic carbocycles. The molecule has 0 bridgehead atoms. The van der Waals surface area contributed by atoms with Gasteiger partial charge in [-0.15, -0.1) is 0 Å². The van der Waals surface area contributed by atoms with E-state index >= 15 is 0 Å². The summed E-state index contributed by atoms with van der Waals surface area (Å²) in [6.07, 6.45) is 3.16. The first-order valence-corrected chi connectivity index (χ1v) is 7.85. The van der Waals surface area contributed by atoms with Gasteiger partial charge in [0.2, 0.25) is 10.0 Å². The molecule has 1 fully saturated rings. The summed E-state index contributed by atoms with van der Waals surface area (Å²) < 4.78 is 27.9. The second-order valence-corrected chi connectivity index (χ2v) is 6.49. The van der Waals surface area contributed by atoms with E-state index in [1.165, 1.54) is 13.2 Å². The zero-order valence-electron chi connectivity index (χ0n) is 10.9. The first-order valence-electron chi connectivity index (χ1n) is 6.30. The number of rotatable bonds is 3. The molecule has 0 radical (unpaired) electrons. The third-order valence-electron chi connectivity index (χ3n) is 3.66. The Morgan fingerprint density at radius 2 is 1.89 bits per heavy atom. The van der Waals surface area contributed by atoms with E-state index in [-0.39, 0.29) is 16.7 Å². The highest BCUT2D eigenvalue weighted by Crippen LogP contribution is 2.35. The van der Waals surface area contributed by atoms with Gasteiger partial charge in [0.15, 0.2) is 0 Å². The molecule has 5 nitrogen and oxygen atoms in total.